The first-order chi connectivity index (χ1) is 17.0. The summed E-state index contributed by atoms with van der Waals surface area (Å²) in [5.41, 5.74) is -0.946. The van der Waals surface area contributed by atoms with Crippen LogP contribution in [0.3, 0.4) is 0 Å². The van der Waals surface area contributed by atoms with E-state index in [9.17, 15) is 24.0 Å². The van der Waals surface area contributed by atoms with Gasteiger partial charge in [0, 0.05) is 20.8 Å². The maximum atomic E-state index is 13.3. The van der Waals surface area contributed by atoms with E-state index in [0.717, 1.165) is 29.3 Å². The summed E-state index contributed by atoms with van der Waals surface area (Å²) in [4.78, 5) is 60.8. The number of carbonyl (C=O) groups is 3. The molecule has 0 unspecified atom stereocenters. The lowest BCUT2D eigenvalue weighted by molar-refractivity contribution is -0.166. The van der Waals surface area contributed by atoms with Gasteiger partial charge in [0.2, 0.25) is 0 Å². The predicted octanol–water partition coefficient (Wildman–Crippen LogP) is 0.548. The minimum atomic E-state index is -1.39. The lowest BCUT2D eigenvalue weighted by Gasteiger charge is -2.23. The third-order valence-corrected chi connectivity index (χ3v) is 5.74. The number of hydrogen-bond acceptors (Lipinski definition) is 11. The number of aromatic nitrogens is 3. The molecule has 0 amide bonds. The Bertz CT molecular complexity index is 1270. The molecule has 4 atom stereocenters. The molecule has 36 heavy (non-hydrogen) atoms. The first-order valence-corrected chi connectivity index (χ1v) is 11.5. The van der Waals surface area contributed by atoms with Crippen LogP contribution in [-0.4, -0.2) is 64.3 Å². The molecule has 2 heterocycles. The lowest BCUT2D eigenvalue weighted by atomic mass is 10.1. The van der Waals surface area contributed by atoms with E-state index >= 15 is 0 Å². The zero-order valence-electron chi connectivity index (χ0n) is 19.8. The van der Waals surface area contributed by atoms with Gasteiger partial charge < -0.3 is 23.7 Å². The third-order valence-electron chi connectivity index (χ3n) is 5.12. The second kappa shape index (κ2) is 11.5. The van der Waals surface area contributed by atoms with Gasteiger partial charge in [-0.3, -0.25) is 23.7 Å². The highest BCUT2D eigenvalue weighted by atomic mass is 79.9. The molecule has 0 N–H and O–H groups in total. The molecule has 3 rings (SSSR count). The number of methoxy groups -OCH3 is 1. The maximum Gasteiger partial charge on any atom is 0.350 e. The van der Waals surface area contributed by atoms with E-state index < -0.39 is 53.7 Å². The molecule has 0 spiro atoms. The van der Waals surface area contributed by atoms with E-state index in [4.69, 9.17) is 23.7 Å². The van der Waals surface area contributed by atoms with Crippen LogP contribution < -0.4 is 16.0 Å². The van der Waals surface area contributed by atoms with E-state index in [1.165, 1.54) is 14.0 Å². The molecule has 1 aromatic heterocycles. The summed E-state index contributed by atoms with van der Waals surface area (Å²) in [6.45, 7) is 2.97. The van der Waals surface area contributed by atoms with E-state index in [1.807, 2.05) is 0 Å². The van der Waals surface area contributed by atoms with Crippen LogP contribution in [0.5, 0.6) is 5.75 Å². The number of esters is 3. The molecule has 1 aromatic carbocycles. The monoisotopic (exact) mass is 569 g/mol. The van der Waals surface area contributed by atoms with E-state index in [2.05, 4.69) is 21.0 Å². The number of nitrogens with zero attached hydrogens (tertiary/aromatic N) is 3. The number of ether oxygens (including phenoxy) is 5. The smallest absolute Gasteiger partial charge is 0.350 e. The average molecular weight is 570 g/mol. The normalized spacial score (nSPS) is 21.0. The highest BCUT2D eigenvalue weighted by Gasteiger charge is 2.51. The number of carbonyl (C=O) groups excluding carboxylic acids is 3. The van der Waals surface area contributed by atoms with Gasteiger partial charge in [-0.05, 0) is 33.6 Å². The van der Waals surface area contributed by atoms with Crippen LogP contribution in [0.15, 0.2) is 38.5 Å². The first kappa shape index (κ1) is 27.1. The van der Waals surface area contributed by atoms with Gasteiger partial charge in [-0.1, -0.05) is 6.07 Å². The predicted molar refractivity (Wildman–Crippen MR) is 124 cm³/mol. The van der Waals surface area contributed by atoms with Crippen LogP contribution in [0.2, 0.25) is 0 Å². The molecule has 1 aliphatic heterocycles. The van der Waals surface area contributed by atoms with Gasteiger partial charge in [-0.2, -0.15) is 9.78 Å². The molecule has 0 aliphatic carbocycles. The summed E-state index contributed by atoms with van der Waals surface area (Å²) < 4.78 is 29.0. The van der Waals surface area contributed by atoms with Crippen molar-refractivity contribution in [3.63, 3.8) is 0 Å². The molecule has 14 heteroatoms. The second-order valence-corrected chi connectivity index (χ2v) is 8.64. The van der Waals surface area contributed by atoms with Crippen LogP contribution in [0.25, 0.3) is 0 Å². The van der Waals surface area contributed by atoms with Crippen molar-refractivity contribution >= 4 is 33.8 Å². The minimum absolute atomic E-state index is 0.113. The van der Waals surface area contributed by atoms with Crippen molar-refractivity contribution in [3.8, 4) is 5.75 Å². The Morgan fingerprint density at radius 3 is 2.31 bits per heavy atom. The van der Waals surface area contributed by atoms with Gasteiger partial charge in [-0.15, -0.1) is 0 Å². The summed E-state index contributed by atoms with van der Waals surface area (Å²) in [5.74, 6) is -1.52. The zero-order chi connectivity index (χ0) is 26.6. The molecule has 1 aliphatic rings. The fourth-order valence-corrected chi connectivity index (χ4v) is 4.24. The fraction of sp³-hybridized carbons (Fsp3) is 0.455. The zero-order valence-corrected chi connectivity index (χ0v) is 21.4. The molecule has 1 fully saturated rings. The summed E-state index contributed by atoms with van der Waals surface area (Å²) >= 11 is 3.36. The standard InChI is InChI=1S/C22H24BrN3O10/c1-11(27)33-10-17-19(34-12(2)28)20(35-13(3)29)21(36-17)26-22(31)25(18(30)8-24-26)9-14-5-6-16(32-4)15(23)7-14/h5-8,17,19-21H,9-10H2,1-4H3/t17-,19-,20+,21-/m1/s1. The summed E-state index contributed by atoms with van der Waals surface area (Å²) in [5, 5.41) is 3.88. The van der Waals surface area contributed by atoms with E-state index in [1.54, 1.807) is 18.2 Å². The Kier molecular flexibility index (Phi) is 8.63. The molecule has 194 valence electrons. The molecule has 13 nitrogen and oxygen atoms in total. The third kappa shape index (κ3) is 6.18. The second-order valence-electron chi connectivity index (χ2n) is 7.78. The van der Waals surface area contributed by atoms with Crippen LogP contribution in [-0.2, 0) is 39.9 Å². The highest BCUT2D eigenvalue weighted by molar-refractivity contribution is 9.10. The van der Waals surface area contributed by atoms with Crippen molar-refractivity contribution in [1.82, 2.24) is 14.3 Å². The van der Waals surface area contributed by atoms with Gasteiger partial charge in [-0.25, -0.2) is 4.79 Å². The quantitative estimate of drug-likeness (QED) is 0.323. The SMILES string of the molecule is COc1ccc(Cn2c(=O)cnn([C@@H]3O[C@H](COC(C)=O)[C@@H](OC(C)=O)[C@@H]3OC(C)=O)c2=O)cc1Br. The first-order valence-electron chi connectivity index (χ1n) is 10.7. The number of benzene rings is 1. The molecule has 0 radical (unpaired) electrons. The van der Waals surface area contributed by atoms with Crippen LogP contribution in [0, 0.1) is 0 Å². The number of hydrogen-bond donors (Lipinski definition) is 0. The summed E-state index contributed by atoms with van der Waals surface area (Å²) in [6, 6.07) is 5.04. The van der Waals surface area contributed by atoms with Crippen molar-refractivity contribution in [2.75, 3.05) is 13.7 Å². The average Bonchev–Trinajstić information content (AvgIpc) is 3.11. The largest absolute Gasteiger partial charge is 0.496 e. The highest BCUT2D eigenvalue weighted by Crippen LogP contribution is 2.33. The molecule has 2 aromatic rings. The van der Waals surface area contributed by atoms with Gasteiger partial charge in [0.05, 0.1) is 18.1 Å². The van der Waals surface area contributed by atoms with Crippen molar-refractivity contribution in [3.05, 3.63) is 55.3 Å². The number of rotatable bonds is 8. The van der Waals surface area contributed by atoms with Crippen LogP contribution in [0.1, 0.15) is 32.6 Å². The molecule has 1 saturated heterocycles. The van der Waals surface area contributed by atoms with Gasteiger partial charge in [0.15, 0.2) is 18.4 Å². The molecular formula is C22H24BrN3O10. The minimum Gasteiger partial charge on any atom is -0.496 e. The van der Waals surface area contributed by atoms with Crippen molar-refractivity contribution in [2.24, 2.45) is 0 Å². The topological polar surface area (TPSA) is 154 Å². The Morgan fingerprint density at radius 1 is 1.06 bits per heavy atom. The van der Waals surface area contributed by atoms with Gasteiger partial charge in [0.25, 0.3) is 5.56 Å². The molecular weight excluding hydrogens is 546 g/mol. The summed E-state index contributed by atoms with van der Waals surface area (Å²) in [6.07, 6.45) is -4.10. The Hall–Kier alpha value is -3.52. The van der Waals surface area contributed by atoms with Crippen LogP contribution in [0.4, 0.5) is 0 Å². The van der Waals surface area contributed by atoms with Crippen LogP contribution >= 0.6 is 15.9 Å². The molecule has 0 saturated carbocycles. The van der Waals surface area contributed by atoms with E-state index in [-0.39, 0.29) is 13.2 Å². The van der Waals surface area contributed by atoms with Gasteiger partial charge in [0.1, 0.15) is 24.7 Å². The Balaban J connectivity index is 2.02. The van der Waals surface area contributed by atoms with Crippen molar-refractivity contribution in [1.29, 1.82) is 0 Å². The Labute approximate surface area is 213 Å². The molecule has 0 bridgehead atoms. The number of halogens is 1. The fourth-order valence-electron chi connectivity index (χ4n) is 3.65. The maximum absolute atomic E-state index is 13.3. The Morgan fingerprint density at radius 2 is 1.72 bits per heavy atom. The lowest BCUT2D eigenvalue weighted by Crippen LogP contribution is -2.46. The van der Waals surface area contributed by atoms with Crippen molar-refractivity contribution < 1.29 is 38.1 Å². The van der Waals surface area contributed by atoms with Gasteiger partial charge >= 0.3 is 23.6 Å². The summed E-state index contributed by atoms with van der Waals surface area (Å²) in [7, 11) is 1.50. The van der Waals surface area contributed by atoms with E-state index in [0.29, 0.717) is 15.8 Å². The van der Waals surface area contributed by atoms with Crippen molar-refractivity contribution in [2.45, 2.75) is 51.9 Å².